The van der Waals surface area contributed by atoms with E-state index >= 15 is 0 Å². The maximum Gasteiger partial charge on any atom is 0 e. The van der Waals surface area contributed by atoms with Gasteiger partial charge in [-0.25, -0.2) is 0 Å². The molecule has 0 fully saturated rings. The monoisotopic (exact) mass is 164 g/mol. The summed E-state index contributed by atoms with van der Waals surface area (Å²) < 4.78 is 0. The minimum absolute atomic E-state index is 0. The summed E-state index contributed by atoms with van der Waals surface area (Å²) in [5.41, 5.74) is 0. The van der Waals surface area contributed by atoms with Gasteiger partial charge in [-0.15, -0.1) is 0 Å². The molecule has 1 N–H and O–H groups in total. The van der Waals surface area contributed by atoms with Crippen molar-refractivity contribution >= 4 is 6.47 Å². The Morgan fingerprint density at radius 3 is 1.60 bits per heavy atom. The van der Waals surface area contributed by atoms with E-state index < -0.39 is 0 Å². The molecule has 0 aliphatic rings. The van der Waals surface area contributed by atoms with Gasteiger partial charge >= 0.3 is 0 Å². The molecular weight excluding hydrogens is 164 g/mol. The van der Waals surface area contributed by atoms with E-state index in [1.165, 1.54) is 0 Å². The van der Waals surface area contributed by atoms with Crippen LogP contribution in [0, 0.1) is 0 Å². The minimum atomic E-state index is 0. The maximum absolute atomic E-state index is 8.24. The molecule has 4 heteroatoms. The third-order valence-corrected chi connectivity index (χ3v) is 0. The largest absolute Gasteiger partial charge is 0.665 e. The van der Waals surface area contributed by atoms with Gasteiger partial charge in [-0.2, -0.15) is 0 Å². The van der Waals surface area contributed by atoms with Crippen LogP contribution in [0.4, 0.5) is 0 Å². The van der Waals surface area contributed by atoms with Crippen LogP contribution in [0.15, 0.2) is 0 Å². The Morgan fingerprint density at radius 2 is 1.60 bits per heavy atom. The zero-order valence-electron chi connectivity index (χ0n) is 2.44. The van der Waals surface area contributed by atoms with E-state index in [2.05, 4.69) is 0 Å². The number of hydrogen-bond acceptors (Lipinski definition) is 1. The molecule has 27 valence electrons. The Balaban J connectivity index is -0.0000000200. The molecule has 1 radical (unpaired) electrons. The predicted octanol–water partition coefficient (Wildman–Crippen LogP) is -0.393. The Hall–Kier alpha value is 0.613. The molecule has 0 heterocycles. The molecule has 0 aliphatic carbocycles. The van der Waals surface area contributed by atoms with Crippen LogP contribution < -0.4 is 0 Å². The molecule has 0 aromatic rings. The first-order valence-electron chi connectivity index (χ1n) is 0.428. The molecule has 0 unspecified atom stereocenters. The smallest absolute Gasteiger partial charge is 0 e. The van der Waals surface area contributed by atoms with Gasteiger partial charge in [0.15, 0.2) is 0 Å². The van der Waals surface area contributed by atoms with E-state index in [0.717, 1.165) is 0 Å². The van der Waals surface area contributed by atoms with Gasteiger partial charge in [-0.05, 0) is 0 Å². The molecule has 0 aliphatic heterocycles. The van der Waals surface area contributed by atoms with Crippen molar-refractivity contribution in [1.82, 2.24) is 0 Å². The zero-order chi connectivity index (χ0) is 2.71. The van der Waals surface area contributed by atoms with Crippen LogP contribution in [0.2, 0.25) is 0 Å². The quantitative estimate of drug-likeness (QED) is 0.392. The number of aliphatic hydroxyl groups excluding tert-OH is 1. The molecule has 0 rings (SSSR count). The minimum Gasteiger partial charge on any atom is -0.665 e. The van der Waals surface area contributed by atoms with Gasteiger partial charge < -0.3 is 9.90 Å². The van der Waals surface area contributed by atoms with Crippen molar-refractivity contribution in [2.45, 2.75) is 0 Å². The van der Waals surface area contributed by atoms with Crippen LogP contribution in [0.1, 0.15) is 0 Å². The van der Waals surface area contributed by atoms with E-state index in [-0.39, 0.29) is 36.5 Å². The maximum atomic E-state index is 8.24. The molecule has 0 amide bonds. The van der Waals surface area contributed by atoms with Gasteiger partial charge in [-0.3, -0.25) is 0 Å². The Morgan fingerprint density at radius 1 is 1.60 bits per heavy atom. The van der Waals surface area contributed by atoms with Crippen LogP contribution in [-0.4, -0.2) is 11.6 Å². The van der Waals surface area contributed by atoms with E-state index in [1.54, 1.807) is 0 Å². The Bertz CT molecular complexity index is 17.1. The van der Waals surface area contributed by atoms with E-state index in [0.29, 0.717) is 6.47 Å². The second kappa shape index (κ2) is 23.1. The summed E-state index contributed by atoms with van der Waals surface area (Å²) in [6.45, 7) is 0.500. The van der Waals surface area contributed by atoms with Crippen molar-refractivity contribution in [3.63, 3.8) is 0 Å². The molecule has 0 spiro atoms. The van der Waals surface area contributed by atoms with Gasteiger partial charge in [0.1, 0.15) is 0 Å². The number of rotatable bonds is 0. The van der Waals surface area contributed by atoms with Crippen molar-refractivity contribution in [3.05, 3.63) is 0 Å². The fourth-order valence-electron chi connectivity index (χ4n) is 0. The fourth-order valence-corrected chi connectivity index (χ4v) is 0. The summed E-state index contributed by atoms with van der Waals surface area (Å²) in [5, 5.41) is 6.76. The van der Waals surface area contributed by atoms with Crippen LogP contribution in [0.25, 0.3) is 0 Å². The van der Waals surface area contributed by atoms with Gasteiger partial charge in [-0.1, -0.05) is 6.47 Å². The van der Waals surface area contributed by atoms with Gasteiger partial charge in [0.05, 0.1) is 0 Å². The Kier molecular flexibility index (Phi) is 81.0. The second-order valence-corrected chi connectivity index (χ2v) is 0.0913. The fraction of sp³-hybridized carbons (Fsp3) is 0. The first kappa shape index (κ1) is 17.5. The van der Waals surface area contributed by atoms with Crippen LogP contribution in [-0.2, 0) is 41.3 Å². The van der Waals surface area contributed by atoms with Crippen molar-refractivity contribution in [3.8, 4) is 0 Å². The molecular formula is CHMnO2Zn-. The van der Waals surface area contributed by atoms with Crippen LogP contribution in [0.5, 0.6) is 0 Å². The first-order chi connectivity index (χ1) is 1.41. The average molecular weight is 165 g/mol. The third kappa shape index (κ3) is 83.8. The first-order valence-corrected chi connectivity index (χ1v) is 0.428. The predicted molar refractivity (Wildman–Crippen MR) is 8.32 cm³/mol. The van der Waals surface area contributed by atoms with Gasteiger partial charge in [0.2, 0.25) is 0 Å². The molecule has 0 bridgehead atoms. The average Bonchev–Trinajstić information content (AvgIpc) is 0.918. The topological polar surface area (TPSA) is 37.3 Å². The van der Waals surface area contributed by atoms with Crippen molar-refractivity contribution in [2.24, 2.45) is 0 Å². The molecule has 5 heavy (non-hydrogen) atoms. The van der Waals surface area contributed by atoms with Crippen molar-refractivity contribution < 1.29 is 46.4 Å². The normalized spacial score (nSPS) is 2.40. The molecule has 0 saturated heterocycles. The summed E-state index contributed by atoms with van der Waals surface area (Å²) in [5.74, 6) is 0. The van der Waals surface area contributed by atoms with E-state index in [4.69, 9.17) is 9.90 Å². The summed E-state index contributed by atoms with van der Waals surface area (Å²) in [4.78, 5) is 8.24. The third-order valence-electron chi connectivity index (χ3n) is 0. The molecule has 0 aromatic heterocycles. The Labute approximate surface area is 53.2 Å². The van der Waals surface area contributed by atoms with Crippen LogP contribution in [0.3, 0.4) is 0 Å². The molecule has 0 atom stereocenters. The van der Waals surface area contributed by atoms with Crippen molar-refractivity contribution in [1.29, 1.82) is 0 Å². The number of hydrogen-bond donors (Lipinski definition) is 1. The van der Waals surface area contributed by atoms with Gasteiger partial charge in [0.25, 0.3) is 0 Å². The van der Waals surface area contributed by atoms with Crippen LogP contribution >= 0.6 is 0 Å². The van der Waals surface area contributed by atoms with E-state index in [9.17, 15) is 0 Å². The molecule has 0 saturated carbocycles. The van der Waals surface area contributed by atoms with Crippen molar-refractivity contribution in [2.75, 3.05) is 0 Å². The summed E-state index contributed by atoms with van der Waals surface area (Å²) in [6.07, 6.45) is 0. The summed E-state index contributed by atoms with van der Waals surface area (Å²) >= 11 is 0. The molecule has 0 aromatic carbocycles. The van der Waals surface area contributed by atoms with Gasteiger partial charge in [0, 0.05) is 36.5 Å². The second-order valence-electron chi connectivity index (χ2n) is 0.0913. The summed E-state index contributed by atoms with van der Waals surface area (Å²) in [7, 11) is 0. The summed E-state index contributed by atoms with van der Waals surface area (Å²) in [6, 6.07) is 0. The molecule has 2 nitrogen and oxygen atoms in total. The standard InChI is InChI=1S/CHO2.Mn.Zn/c2-1-3;;/h(H,2,3);;/q-1;;. The van der Waals surface area contributed by atoms with E-state index in [1.807, 2.05) is 0 Å². The zero-order valence-corrected chi connectivity index (χ0v) is 6.59. The SMILES string of the molecule is O=[C-]O.[Mn].[Zn].